The number of halogens is 1. The Labute approximate surface area is 282 Å². The minimum atomic E-state index is -3.32. The highest BCUT2D eigenvalue weighted by atomic mass is 79.9. The zero-order valence-corrected chi connectivity index (χ0v) is 28.1. The highest BCUT2D eigenvalue weighted by molar-refractivity contribution is 9.10. The van der Waals surface area contributed by atoms with E-state index < -0.39 is 27.8 Å². The molecule has 1 N–H and O–H groups in total. The van der Waals surface area contributed by atoms with Crippen LogP contribution in [0.4, 0.5) is 0 Å². The molecule has 10 heteroatoms. The number of para-hydroxylation sites is 2. The summed E-state index contributed by atoms with van der Waals surface area (Å²) < 4.78 is 41.3. The van der Waals surface area contributed by atoms with E-state index in [4.69, 9.17) is 14.2 Å². The Kier molecular flexibility index (Phi) is 10.7. The van der Waals surface area contributed by atoms with E-state index in [0.717, 1.165) is 28.7 Å². The van der Waals surface area contributed by atoms with Gasteiger partial charge in [-0.15, -0.1) is 0 Å². The second kappa shape index (κ2) is 15.1. The number of methoxy groups -OCH3 is 1. The average Bonchev–Trinajstić information content (AvgIpc) is 3.08. The quantitative estimate of drug-likeness (QED) is 0.131. The summed E-state index contributed by atoms with van der Waals surface area (Å²) in [4.78, 5) is 26.3. The third-order valence-corrected chi connectivity index (χ3v) is 8.94. The number of amides is 1. The molecule has 0 heterocycles. The number of hydrogen-bond acceptors (Lipinski definition) is 7. The van der Waals surface area contributed by atoms with Crippen molar-refractivity contribution >= 4 is 37.6 Å². The van der Waals surface area contributed by atoms with Gasteiger partial charge in [0.2, 0.25) is 0 Å². The fourth-order valence-corrected chi connectivity index (χ4v) is 5.83. The van der Waals surface area contributed by atoms with Gasteiger partial charge in [0.15, 0.2) is 9.84 Å². The third kappa shape index (κ3) is 8.87. The van der Waals surface area contributed by atoms with E-state index in [0.29, 0.717) is 21.5 Å². The molecule has 0 saturated carbocycles. The van der Waals surface area contributed by atoms with Crippen LogP contribution < -0.4 is 14.8 Å². The third-order valence-electron chi connectivity index (χ3n) is 7.32. The predicted molar refractivity (Wildman–Crippen MR) is 183 cm³/mol. The topological polar surface area (TPSA) is 108 Å². The first-order chi connectivity index (χ1) is 22.6. The molecule has 47 heavy (non-hydrogen) atoms. The maximum Gasteiger partial charge on any atom is 0.307 e. The van der Waals surface area contributed by atoms with E-state index in [1.54, 1.807) is 30.3 Å². The molecule has 0 aromatic heterocycles. The summed E-state index contributed by atoms with van der Waals surface area (Å²) in [5.74, 6) is 0.801. The smallest absolute Gasteiger partial charge is 0.307 e. The van der Waals surface area contributed by atoms with Crippen molar-refractivity contribution in [2.75, 3.05) is 13.4 Å². The number of esters is 1. The van der Waals surface area contributed by atoms with Crippen LogP contribution in [-0.2, 0) is 26.0 Å². The molecule has 5 rings (SSSR count). The van der Waals surface area contributed by atoms with Gasteiger partial charge in [-0.1, -0.05) is 88.7 Å². The zero-order chi connectivity index (χ0) is 33.4. The number of nitrogens with one attached hydrogen (secondary N) is 1. The summed E-state index contributed by atoms with van der Waals surface area (Å²) in [6.45, 7) is 0.106. The molecule has 0 aliphatic rings. The minimum absolute atomic E-state index is 0.0911. The molecule has 0 spiro atoms. The lowest BCUT2D eigenvalue weighted by Crippen LogP contribution is -2.31. The lowest BCUT2D eigenvalue weighted by Gasteiger charge is -2.20. The molecule has 8 nitrogen and oxygen atoms in total. The van der Waals surface area contributed by atoms with Gasteiger partial charge < -0.3 is 19.5 Å². The standard InChI is InChI=1S/C37H32BrNO7S/c1-44-36(40)23-33(27-16-14-26(15-17-27)31-10-6-7-11-35(31)46-29-8-4-3-5-9-29)39-37(41)32-22-28(38)18-21-34(32)45-24-25-12-19-30(20-13-25)47(2,42)43/h3-22,33H,23-24H2,1-2H3,(H,39,41). The zero-order valence-electron chi connectivity index (χ0n) is 25.7. The van der Waals surface area contributed by atoms with E-state index in [1.807, 2.05) is 78.9 Å². The van der Waals surface area contributed by atoms with Gasteiger partial charge in [0.05, 0.1) is 30.0 Å². The Hall–Kier alpha value is -4.93. The predicted octanol–water partition coefficient (Wildman–Crippen LogP) is 7.93. The van der Waals surface area contributed by atoms with Crippen LogP contribution in [0.15, 0.2) is 131 Å². The van der Waals surface area contributed by atoms with Crippen molar-refractivity contribution in [1.82, 2.24) is 5.32 Å². The number of sulfone groups is 1. The fraction of sp³-hybridized carbons (Fsp3) is 0.135. The Morgan fingerprint density at radius 1 is 0.809 bits per heavy atom. The minimum Gasteiger partial charge on any atom is -0.488 e. The van der Waals surface area contributed by atoms with Crippen LogP contribution in [0.2, 0.25) is 0 Å². The molecule has 1 atom stereocenters. The average molecular weight is 715 g/mol. The van der Waals surface area contributed by atoms with Gasteiger partial charge in [0.25, 0.3) is 5.91 Å². The number of benzene rings is 5. The molecular weight excluding hydrogens is 682 g/mol. The van der Waals surface area contributed by atoms with Crippen molar-refractivity contribution in [3.8, 4) is 28.4 Å². The summed E-state index contributed by atoms with van der Waals surface area (Å²) in [6, 6.07) is 35.5. The van der Waals surface area contributed by atoms with Gasteiger partial charge in [-0.2, -0.15) is 0 Å². The van der Waals surface area contributed by atoms with Crippen LogP contribution in [0, 0.1) is 0 Å². The number of ether oxygens (including phenoxy) is 3. The molecule has 0 aliphatic carbocycles. The van der Waals surface area contributed by atoms with Crippen molar-refractivity contribution in [3.05, 3.63) is 142 Å². The molecule has 5 aromatic rings. The van der Waals surface area contributed by atoms with Gasteiger partial charge in [0.1, 0.15) is 23.9 Å². The van der Waals surface area contributed by atoms with Gasteiger partial charge >= 0.3 is 5.97 Å². The number of carbonyl (C=O) groups is 2. The molecule has 0 radical (unpaired) electrons. The second-order valence-electron chi connectivity index (χ2n) is 10.7. The lowest BCUT2D eigenvalue weighted by atomic mass is 9.98. The summed E-state index contributed by atoms with van der Waals surface area (Å²) in [5, 5.41) is 2.98. The van der Waals surface area contributed by atoms with Crippen LogP contribution in [0.5, 0.6) is 17.2 Å². The first-order valence-electron chi connectivity index (χ1n) is 14.6. The van der Waals surface area contributed by atoms with Crippen LogP contribution in [0.25, 0.3) is 11.1 Å². The molecule has 1 amide bonds. The van der Waals surface area contributed by atoms with Crippen LogP contribution in [-0.4, -0.2) is 33.7 Å². The van der Waals surface area contributed by atoms with E-state index in [1.165, 1.54) is 19.2 Å². The number of hydrogen-bond donors (Lipinski definition) is 1. The Bertz CT molecular complexity index is 1960. The molecule has 240 valence electrons. The van der Waals surface area contributed by atoms with Gasteiger partial charge in [-0.25, -0.2) is 8.42 Å². The monoisotopic (exact) mass is 713 g/mol. The highest BCUT2D eigenvalue weighted by Gasteiger charge is 2.23. The van der Waals surface area contributed by atoms with E-state index in [2.05, 4.69) is 21.2 Å². The maximum atomic E-state index is 13.7. The van der Waals surface area contributed by atoms with Crippen LogP contribution in [0.1, 0.15) is 33.9 Å². The lowest BCUT2D eigenvalue weighted by molar-refractivity contribution is -0.141. The van der Waals surface area contributed by atoms with E-state index in [-0.39, 0.29) is 23.5 Å². The first kappa shape index (κ1) is 33.4. The molecule has 5 aromatic carbocycles. The Morgan fingerprint density at radius 3 is 2.17 bits per heavy atom. The summed E-state index contributed by atoms with van der Waals surface area (Å²) >= 11 is 3.43. The van der Waals surface area contributed by atoms with Crippen molar-refractivity contribution in [2.45, 2.75) is 24.0 Å². The molecule has 0 fully saturated rings. The van der Waals surface area contributed by atoms with Crippen molar-refractivity contribution < 1.29 is 32.2 Å². The van der Waals surface area contributed by atoms with Crippen molar-refractivity contribution in [3.63, 3.8) is 0 Å². The first-order valence-corrected chi connectivity index (χ1v) is 17.3. The van der Waals surface area contributed by atoms with Crippen molar-refractivity contribution in [2.24, 2.45) is 0 Å². The molecular formula is C37H32BrNO7S. The summed E-state index contributed by atoms with van der Waals surface area (Å²) in [7, 11) is -2.02. The second-order valence-corrected chi connectivity index (χ2v) is 13.6. The van der Waals surface area contributed by atoms with Gasteiger partial charge in [0, 0.05) is 16.3 Å². The fourth-order valence-electron chi connectivity index (χ4n) is 4.84. The van der Waals surface area contributed by atoms with Crippen molar-refractivity contribution in [1.29, 1.82) is 0 Å². The summed E-state index contributed by atoms with van der Waals surface area (Å²) in [6.07, 6.45) is 1.06. The molecule has 0 saturated heterocycles. The molecule has 0 aliphatic heterocycles. The van der Waals surface area contributed by atoms with Gasteiger partial charge in [-0.3, -0.25) is 9.59 Å². The largest absolute Gasteiger partial charge is 0.488 e. The van der Waals surface area contributed by atoms with Crippen LogP contribution >= 0.6 is 15.9 Å². The summed E-state index contributed by atoms with van der Waals surface area (Å²) in [5.41, 5.74) is 3.48. The maximum absolute atomic E-state index is 13.7. The Balaban J connectivity index is 1.36. The number of rotatable bonds is 12. The Morgan fingerprint density at radius 2 is 1.49 bits per heavy atom. The van der Waals surface area contributed by atoms with Crippen LogP contribution in [0.3, 0.4) is 0 Å². The number of carbonyl (C=O) groups excluding carboxylic acids is 2. The normalized spacial score (nSPS) is 11.7. The van der Waals surface area contributed by atoms with E-state index in [9.17, 15) is 18.0 Å². The molecule has 1 unspecified atom stereocenters. The van der Waals surface area contributed by atoms with Gasteiger partial charge in [-0.05, 0) is 65.2 Å². The molecule has 0 bridgehead atoms. The highest BCUT2D eigenvalue weighted by Crippen LogP contribution is 2.34. The SMILES string of the molecule is COC(=O)CC(NC(=O)c1cc(Br)ccc1OCc1ccc(S(C)(=O)=O)cc1)c1ccc(-c2ccccc2Oc2ccccc2)cc1. The van der Waals surface area contributed by atoms with E-state index >= 15 is 0 Å².